The molecule has 0 saturated carbocycles. The van der Waals surface area contributed by atoms with Crippen molar-refractivity contribution < 1.29 is 9.90 Å². The molecule has 0 bridgehead atoms. The minimum Gasteiger partial charge on any atom is -0.385 e. The molecule has 0 fully saturated rings. The Morgan fingerprint density at radius 1 is 1.70 bits per heavy atom. The second-order valence-corrected chi connectivity index (χ2v) is 1.91. The van der Waals surface area contributed by atoms with E-state index in [1.807, 2.05) is 0 Å². The third kappa shape index (κ3) is 1.12. The minimum absolute atomic E-state index is 0.00926. The van der Waals surface area contributed by atoms with Crippen LogP contribution in [0.15, 0.2) is 23.8 Å². The Morgan fingerprint density at radius 2 is 2.40 bits per heavy atom. The highest BCUT2D eigenvalue weighted by molar-refractivity contribution is 6.07. The van der Waals surface area contributed by atoms with E-state index >= 15 is 0 Å². The van der Waals surface area contributed by atoms with Crippen LogP contribution in [0.25, 0.3) is 0 Å². The highest BCUT2D eigenvalue weighted by atomic mass is 16.3. The van der Waals surface area contributed by atoms with Crippen LogP contribution in [-0.2, 0) is 4.79 Å². The summed E-state index contributed by atoms with van der Waals surface area (Å²) in [6, 6.07) is 1.68. The zero-order valence-electron chi connectivity index (χ0n) is 5.11. The van der Waals surface area contributed by atoms with Gasteiger partial charge in [-0.15, -0.1) is 0 Å². The van der Waals surface area contributed by atoms with Gasteiger partial charge >= 0.3 is 0 Å². The van der Waals surface area contributed by atoms with Crippen molar-refractivity contribution in [2.75, 3.05) is 0 Å². The summed E-state index contributed by atoms with van der Waals surface area (Å²) in [6.07, 6.45) is 2.97. The number of nitrogens with zero attached hydrogens (tertiary/aromatic N) is 1. The fraction of sp³-hybridized carbons (Fsp3) is 0.143. The van der Waals surface area contributed by atoms with Crippen molar-refractivity contribution >= 4 is 5.78 Å². The quantitative estimate of drug-likeness (QED) is 0.506. The summed E-state index contributed by atoms with van der Waals surface area (Å²) in [5.74, 6) is -0.340. The lowest BCUT2D eigenvalue weighted by Gasteiger charge is -2.03. The van der Waals surface area contributed by atoms with Crippen LogP contribution in [0, 0.1) is 11.3 Å². The number of ketones is 1. The summed E-state index contributed by atoms with van der Waals surface area (Å²) in [4.78, 5) is 10.7. The Bertz CT molecular complexity index is 257. The maximum atomic E-state index is 10.7. The Hall–Kier alpha value is -1.40. The van der Waals surface area contributed by atoms with E-state index in [-0.39, 0.29) is 11.4 Å². The lowest BCUT2D eigenvalue weighted by Crippen LogP contribution is -2.09. The lowest BCUT2D eigenvalue weighted by atomic mass is 10.0. The summed E-state index contributed by atoms with van der Waals surface area (Å²) in [6.45, 7) is 0. The fourth-order valence-corrected chi connectivity index (χ4v) is 0.677. The van der Waals surface area contributed by atoms with Gasteiger partial charge in [-0.1, -0.05) is 0 Å². The number of carbonyl (C=O) groups excluding carboxylic acids is 1. The highest BCUT2D eigenvalue weighted by Crippen LogP contribution is 2.05. The average Bonchev–Trinajstić information content (AvgIpc) is 1.94. The molecule has 3 heteroatoms. The molecule has 0 heterocycles. The lowest BCUT2D eigenvalue weighted by molar-refractivity contribution is -0.111. The molecule has 3 nitrogen and oxygen atoms in total. The summed E-state index contributed by atoms with van der Waals surface area (Å²) >= 11 is 0. The van der Waals surface area contributed by atoms with E-state index < -0.39 is 6.10 Å². The topological polar surface area (TPSA) is 61.1 Å². The van der Waals surface area contributed by atoms with Crippen molar-refractivity contribution in [1.82, 2.24) is 0 Å². The minimum atomic E-state index is -0.785. The van der Waals surface area contributed by atoms with Crippen LogP contribution in [0.4, 0.5) is 0 Å². The molecule has 0 aromatic carbocycles. The van der Waals surface area contributed by atoms with Gasteiger partial charge in [0.05, 0.1) is 11.7 Å². The smallest absolute Gasteiger partial charge is 0.195 e. The van der Waals surface area contributed by atoms with Gasteiger partial charge in [-0.25, -0.2) is 0 Å². The molecule has 0 radical (unpaired) electrons. The van der Waals surface area contributed by atoms with Gasteiger partial charge in [0.1, 0.15) is 6.07 Å². The second-order valence-electron chi connectivity index (χ2n) is 1.91. The number of rotatable bonds is 0. The Kier molecular flexibility index (Phi) is 1.65. The van der Waals surface area contributed by atoms with Gasteiger partial charge in [-0.3, -0.25) is 4.79 Å². The van der Waals surface area contributed by atoms with E-state index in [0.717, 1.165) is 0 Å². The molecule has 0 aromatic heterocycles. The first-order valence-electron chi connectivity index (χ1n) is 2.76. The fourth-order valence-electron chi connectivity index (χ4n) is 0.677. The highest BCUT2D eigenvalue weighted by Gasteiger charge is 2.11. The molecule has 1 rings (SSSR count). The van der Waals surface area contributed by atoms with Gasteiger partial charge in [0.25, 0.3) is 0 Å². The first-order valence-corrected chi connectivity index (χ1v) is 2.76. The maximum Gasteiger partial charge on any atom is 0.195 e. The monoisotopic (exact) mass is 135 g/mol. The van der Waals surface area contributed by atoms with Crippen LogP contribution in [-0.4, -0.2) is 17.0 Å². The van der Waals surface area contributed by atoms with Gasteiger partial charge < -0.3 is 5.11 Å². The van der Waals surface area contributed by atoms with E-state index in [0.29, 0.717) is 0 Å². The summed E-state index contributed by atoms with van der Waals surface area (Å²) in [7, 11) is 0. The number of aliphatic hydroxyl groups is 1. The predicted octanol–water partition coefficient (Wildman–Crippen LogP) is -0.0638. The predicted molar refractivity (Wildman–Crippen MR) is 33.8 cm³/mol. The number of hydrogen-bond donors (Lipinski definition) is 1. The first-order chi connectivity index (χ1) is 4.74. The second kappa shape index (κ2) is 2.46. The van der Waals surface area contributed by atoms with Crippen LogP contribution in [0.2, 0.25) is 0 Å². The third-order valence-electron chi connectivity index (χ3n) is 1.17. The number of hydrogen-bond acceptors (Lipinski definition) is 3. The molecule has 0 aromatic rings. The summed E-state index contributed by atoms with van der Waals surface area (Å²) in [5.41, 5.74) is 0.00926. The van der Waals surface area contributed by atoms with Crippen LogP contribution >= 0.6 is 0 Å². The van der Waals surface area contributed by atoms with Crippen molar-refractivity contribution in [3.63, 3.8) is 0 Å². The molecule has 0 saturated heterocycles. The molecule has 0 aliphatic heterocycles. The van der Waals surface area contributed by atoms with E-state index in [1.165, 1.54) is 18.2 Å². The van der Waals surface area contributed by atoms with Crippen LogP contribution < -0.4 is 0 Å². The molecule has 1 N–H and O–H groups in total. The van der Waals surface area contributed by atoms with Crippen molar-refractivity contribution in [3.8, 4) is 6.07 Å². The maximum absolute atomic E-state index is 10.7. The summed E-state index contributed by atoms with van der Waals surface area (Å²) in [5, 5.41) is 17.2. The third-order valence-corrected chi connectivity index (χ3v) is 1.17. The van der Waals surface area contributed by atoms with Crippen LogP contribution in [0.5, 0.6) is 0 Å². The van der Waals surface area contributed by atoms with E-state index in [4.69, 9.17) is 10.4 Å². The zero-order valence-corrected chi connectivity index (χ0v) is 5.11. The van der Waals surface area contributed by atoms with Gasteiger partial charge in [0.2, 0.25) is 0 Å². The Morgan fingerprint density at radius 3 is 2.90 bits per heavy atom. The molecular weight excluding hydrogens is 130 g/mol. The number of aliphatic hydroxyl groups excluding tert-OH is 1. The van der Waals surface area contributed by atoms with E-state index in [1.54, 1.807) is 6.07 Å². The van der Waals surface area contributed by atoms with Gasteiger partial charge in [0, 0.05) is 0 Å². The molecule has 1 unspecified atom stereocenters. The van der Waals surface area contributed by atoms with Gasteiger partial charge in [-0.05, 0) is 18.2 Å². The molecule has 1 aliphatic carbocycles. The Balaban J connectivity index is 2.92. The van der Waals surface area contributed by atoms with Crippen molar-refractivity contribution in [2.24, 2.45) is 0 Å². The SMILES string of the molecule is N#CC1=CC(O)C=CC1=O. The van der Waals surface area contributed by atoms with Crippen LogP contribution in [0.1, 0.15) is 0 Å². The van der Waals surface area contributed by atoms with E-state index in [2.05, 4.69) is 0 Å². The van der Waals surface area contributed by atoms with Crippen molar-refractivity contribution in [1.29, 1.82) is 5.26 Å². The largest absolute Gasteiger partial charge is 0.385 e. The number of nitriles is 1. The average molecular weight is 135 g/mol. The normalized spacial score (nSPS) is 23.8. The van der Waals surface area contributed by atoms with Crippen molar-refractivity contribution in [2.45, 2.75) is 6.10 Å². The molecule has 1 aliphatic rings. The van der Waals surface area contributed by atoms with Gasteiger partial charge in [0.15, 0.2) is 5.78 Å². The Labute approximate surface area is 57.9 Å². The van der Waals surface area contributed by atoms with E-state index in [9.17, 15) is 4.79 Å². The molecule has 0 spiro atoms. The number of allylic oxidation sites excluding steroid dienone is 2. The molecular formula is C7H5NO2. The molecule has 50 valence electrons. The first kappa shape index (κ1) is 6.72. The number of carbonyl (C=O) groups is 1. The molecule has 0 amide bonds. The molecule has 1 atom stereocenters. The van der Waals surface area contributed by atoms with Crippen LogP contribution in [0.3, 0.4) is 0 Å². The standard InChI is InChI=1S/C7H5NO2/c8-4-5-3-6(9)1-2-7(5)10/h1-3,6,9H. The zero-order chi connectivity index (χ0) is 7.56. The van der Waals surface area contributed by atoms with Gasteiger partial charge in [-0.2, -0.15) is 5.26 Å². The summed E-state index contributed by atoms with van der Waals surface area (Å²) < 4.78 is 0. The van der Waals surface area contributed by atoms with Crippen molar-refractivity contribution in [3.05, 3.63) is 23.8 Å². The molecule has 10 heavy (non-hydrogen) atoms.